The maximum Gasteiger partial charge on any atom is 0.311 e. The van der Waals surface area contributed by atoms with E-state index in [1.54, 1.807) is 29.8 Å². The van der Waals surface area contributed by atoms with Gasteiger partial charge in [0.1, 0.15) is 5.69 Å². The third-order valence-corrected chi connectivity index (χ3v) is 5.70. The van der Waals surface area contributed by atoms with Crippen molar-refractivity contribution in [3.05, 3.63) is 39.5 Å². The molecule has 0 aliphatic rings. The molecule has 8 heteroatoms. The van der Waals surface area contributed by atoms with E-state index < -0.39 is 16.0 Å². The van der Waals surface area contributed by atoms with Gasteiger partial charge in [0.25, 0.3) is 10.0 Å². The summed E-state index contributed by atoms with van der Waals surface area (Å²) >= 11 is 7.22. The van der Waals surface area contributed by atoms with Crippen LogP contribution in [0.15, 0.2) is 33.9 Å². The normalized spacial score (nSPS) is 11.3. The second kappa shape index (κ2) is 7.33. The maximum absolute atomic E-state index is 12.5. The highest BCUT2D eigenvalue weighted by Gasteiger charge is 2.21. The number of halogens is 1. The number of nitrogens with one attached hydrogen (secondary N) is 1. The fraction of sp³-hybridized carbons (Fsp3) is 0.267. The molecule has 2 rings (SSSR count). The van der Waals surface area contributed by atoms with E-state index in [2.05, 4.69) is 4.72 Å². The van der Waals surface area contributed by atoms with E-state index >= 15 is 0 Å². The van der Waals surface area contributed by atoms with Crippen LogP contribution in [0.3, 0.4) is 0 Å². The first-order valence-electron chi connectivity index (χ1n) is 6.90. The van der Waals surface area contributed by atoms with Gasteiger partial charge in [-0.15, -0.1) is 11.3 Å². The van der Waals surface area contributed by atoms with E-state index in [0.29, 0.717) is 17.0 Å². The highest BCUT2D eigenvalue weighted by atomic mass is 35.5. The molecule has 0 aliphatic heterocycles. The number of esters is 1. The Balaban J connectivity index is 2.27. The lowest BCUT2D eigenvalue weighted by molar-refractivity contribution is -0.134. The summed E-state index contributed by atoms with van der Waals surface area (Å²) in [5.41, 5.74) is 0.695. The summed E-state index contributed by atoms with van der Waals surface area (Å²) in [4.78, 5) is 11.7. The summed E-state index contributed by atoms with van der Waals surface area (Å²) in [6.45, 7) is 3.49. The number of rotatable bonds is 6. The van der Waals surface area contributed by atoms with Crippen LogP contribution in [-0.2, 0) is 14.8 Å². The van der Waals surface area contributed by atoms with Gasteiger partial charge in [-0.3, -0.25) is 9.52 Å². The van der Waals surface area contributed by atoms with Crippen LogP contribution in [0.1, 0.15) is 25.3 Å². The third kappa shape index (κ3) is 4.25. The number of ether oxygens (including phenoxy) is 1. The fourth-order valence-corrected chi connectivity index (χ4v) is 4.21. The molecule has 1 N–H and O–H groups in total. The molecule has 1 aromatic carbocycles. The standard InChI is InChI=1S/C15H16ClNO4S2/c1-3-5-15(18)21-13-9-22-8-12(13)17-23(19,20)14-7-4-6-11(16)10(14)2/h4,6-9,17H,3,5H2,1-2H3. The number of hydrogen-bond donors (Lipinski definition) is 1. The summed E-state index contributed by atoms with van der Waals surface area (Å²) < 4.78 is 32.7. The number of carbonyl (C=O) groups is 1. The van der Waals surface area contributed by atoms with Crippen molar-refractivity contribution in [2.24, 2.45) is 0 Å². The molecule has 1 aromatic heterocycles. The molecule has 2 aromatic rings. The molecular formula is C15H16ClNO4S2. The predicted octanol–water partition coefficient (Wildman–Crippen LogP) is 4.22. The first-order chi connectivity index (χ1) is 10.8. The second-order valence-corrected chi connectivity index (χ2v) is 7.64. The number of hydrogen-bond acceptors (Lipinski definition) is 5. The largest absolute Gasteiger partial charge is 0.423 e. The van der Waals surface area contributed by atoms with E-state index in [9.17, 15) is 13.2 Å². The lowest BCUT2D eigenvalue weighted by atomic mass is 10.2. The summed E-state index contributed by atoms with van der Waals surface area (Å²) in [6.07, 6.45) is 0.932. The van der Waals surface area contributed by atoms with Crippen LogP contribution in [0.2, 0.25) is 5.02 Å². The van der Waals surface area contributed by atoms with E-state index in [-0.39, 0.29) is 22.8 Å². The topological polar surface area (TPSA) is 72.5 Å². The van der Waals surface area contributed by atoms with Crippen LogP contribution in [0, 0.1) is 6.92 Å². The highest BCUT2D eigenvalue weighted by molar-refractivity contribution is 7.92. The molecule has 124 valence electrons. The molecule has 0 aliphatic carbocycles. The Morgan fingerprint density at radius 3 is 2.78 bits per heavy atom. The Kier molecular flexibility index (Phi) is 5.67. The van der Waals surface area contributed by atoms with Crippen LogP contribution < -0.4 is 9.46 Å². The fourth-order valence-electron chi connectivity index (χ4n) is 1.90. The highest BCUT2D eigenvalue weighted by Crippen LogP contribution is 2.32. The van der Waals surface area contributed by atoms with Gasteiger partial charge in [0, 0.05) is 22.2 Å². The maximum atomic E-state index is 12.5. The molecule has 0 bridgehead atoms. The van der Waals surface area contributed by atoms with Crippen molar-refractivity contribution >= 4 is 44.6 Å². The smallest absolute Gasteiger partial charge is 0.311 e. The average molecular weight is 374 g/mol. The summed E-state index contributed by atoms with van der Waals surface area (Å²) in [5.74, 6) is -0.193. The molecular weight excluding hydrogens is 358 g/mol. The second-order valence-electron chi connectivity index (χ2n) is 4.84. The number of carbonyl (C=O) groups excluding carboxylic acids is 1. The number of thiophene rings is 1. The molecule has 0 atom stereocenters. The summed E-state index contributed by atoms with van der Waals surface area (Å²) in [7, 11) is -3.83. The lowest BCUT2D eigenvalue weighted by Gasteiger charge is -2.11. The van der Waals surface area contributed by atoms with Crippen LogP contribution in [0.4, 0.5) is 5.69 Å². The van der Waals surface area contributed by atoms with E-state index in [0.717, 1.165) is 0 Å². The van der Waals surface area contributed by atoms with Crippen molar-refractivity contribution in [3.8, 4) is 5.75 Å². The Morgan fingerprint density at radius 1 is 1.35 bits per heavy atom. The minimum Gasteiger partial charge on any atom is -0.423 e. The molecule has 0 saturated heterocycles. The van der Waals surface area contributed by atoms with Gasteiger partial charge in [-0.05, 0) is 31.0 Å². The minimum atomic E-state index is -3.83. The SMILES string of the molecule is CCCC(=O)Oc1cscc1NS(=O)(=O)c1cccc(Cl)c1C. The minimum absolute atomic E-state index is 0.0852. The van der Waals surface area contributed by atoms with Crippen molar-refractivity contribution in [3.63, 3.8) is 0 Å². The molecule has 0 radical (unpaired) electrons. The van der Waals surface area contributed by atoms with Crippen LogP contribution >= 0.6 is 22.9 Å². The average Bonchev–Trinajstić information content (AvgIpc) is 2.88. The first kappa shape index (κ1) is 17.8. The van der Waals surface area contributed by atoms with Gasteiger partial charge in [0.15, 0.2) is 5.75 Å². The molecule has 1 heterocycles. The van der Waals surface area contributed by atoms with Crippen molar-refractivity contribution in [2.45, 2.75) is 31.6 Å². The van der Waals surface area contributed by atoms with Gasteiger partial charge in [-0.2, -0.15) is 0 Å². The molecule has 0 spiro atoms. The van der Waals surface area contributed by atoms with Gasteiger partial charge in [-0.25, -0.2) is 8.42 Å². The van der Waals surface area contributed by atoms with Gasteiger partial charge in [-0.1, -0.05) is 24.6 Å². The van der Waals surface area contributed by atoms with E-state index in [4.69, 9.17) is 16.3 Å². The van der Waals surface area contributed by atoms with Crippen molar-refractivity contribution in [1.82, 2.24) is 0 Å². The van der Waals surface area contributed by atoms with Gasteiger partial charge in [0.05, 0.1) is 4.90 Å². The predicted molar refractivity (Wildman–Crippen MR) is 91.9 cm³/mol. The first-order valence-corrected chi connectivity index (χ1v) is 9.70. The van der Waals surface area contributed by atoms with E-state index in [1.165, 1.54) is 17.4 Å². The number of anilines is 1. The zero-order valence-electron chi connectivity index (χ0n) is 12.6. The lowest BCUT2D eigenvalue weighted by Crippen LogP contribution is -2.15. The van der Waals surface area contributed by atoms with Gasteiger partial charge < -0.3 is 4.74 Å². The zero-order chi connectivity index (χ0) is 17.0. The summed E-state index contributed by atoms with van der Waals surface area (Å²) in [6, 6.07) is 4.66. The monoisotopic (exact) mass is 373 g/mol. The van der Waals surface area contributed by atoms with Crippen molar-refractivity contribution in [2.75, 3.05) is 4.72 Å². The molecule has 0 unspecified atom stereocenters. The van der Waals surface area contributed by atoms with Crippen LogP contribution in [-0.4, -0.2) is 14.4 Å². The van der Waals surface area contributed by atoms with Crippen LogP contribution in [0.25, 0.3) is 0 Å². The Hall–Kier alpha value is -1.57. The van der Waals surface area contributed by atoms with Crippen molar-refractivity contribution in [1.29, 1.82) is 0 Å². The Labute approximate surface area is 144 Å². The van der Waals surface area contributed by atoms with Crippen molar-refractivity contribution < 1.29 is 17.9 Å². The number of benzene rings is 1. The molecule has 0 fully saturated rings. The Bertz CT molecular complexity index is 815. The number of sulfonamides is 1. The van der Waals surface area contributed by atoms with Gasteiger partial charge in [0.2, 0.25) is 0 Å². The third-order valence-electron chi connectivity index (χ3n) is 3.06. The zero-order valence-corrected chi connectivity index (χ0v) is 15.0. The van der Waals surface area contributed by atoms with Crippen LogP contribution in [0.5, 0.6) is 5.75 Å². The summed E-state index contributed by atoms with van der Waals surface area (Å²) in [5, 5.41) is 3.52. The Morgan fingerprint density at radius 2 is 2.09 bits per heavy atom. The molecule has 0 amide bonds. The molecule has 5 nitrogen and oxygen atoms in total. The molecule has 23 heavy (non-hydrogen) atoms. The van der Waals surface area contributed by atoms with Gasteiger partial charge >= 0.3 is 5.97 Å². The van der Waals surface area contributed by atoms with E-state index in [1.807, 2.05) is 6.92 Å². The molecule has 0 saturated carbocycles. The quantitative estimate of drug-likeness (QED) is 0.769.